The van der Waals surface area contributed by atoms with Crippen LogP contribution >= 0.6 is 0 Å². The summed E-state index contributed by atoms with van der Waals surface area (Å²) >= 11 is 0. The molecule has 0 spiro atoms. The van der Waals surface area contributed by atoms with Crippen molar-refractivity contribution < 1.29 is 70.2 Å². The smallest absolute Gasteiger partial charge is 0.242 e. The summed E-state index contributed by atoms with van der Waals surface area (Å²) in [7, 11) is 0. The lowest BCUT2D eigenvalue weighted by Crippen LogP contribution is -2.56. The zero-order valence-corrected chi connectivity index (χ0v) is 56.0. The van der Waals surface area contributed by atoms with Crippen LogP contribution in [-0.4, -0.2) is 171 Å². The third-order valence-corrected chi connectivity index (χ3v) is 21.6. The maximum absolute atomic E-state index is 14.0. The van der Waals surface area contributed by atoms with E-state index in [9.17, 15) is 42.7 Å². The van der Waals surface area contributed by atoms with Gasteiger partial charge >= 0.3 is 0 Å². The summed E-state index contributed by atoms with van der Waals surface area (Å²) in [6.07, 6.45) is -18.7. The van der Waals surface area contributed by atoms with Crippen LogP contribution < -0.4 is 0 Å². The molecule has 16 rings (SSSR count). The largest absolute Gasteiger partial charge is 0.332 e. The van der Waals surface area contributed by atoms with E-state index in [1.54, 1.807) is 38.7 Å². The molecule has 12 aliphatic rings. The van der Waals surface area contributed by atoms with Crippen LogP contribution in [0.2, 0.25) is 0 Å². The molecule has 518 valence electrons. The fraction of sp³-hybridized carbons (Fsp3) is 0.600. The molecular weight excluding hydrogens is 1220 g/mol. The normalized spacial score (nSPS) is 40.7. The second kappa shape index (κ2) is 29.6. The first-order valence-electron chi connectivity index (χ1n) is 44.6. The van der Waals surface area contributed by atoms with Crippen LogP contribution in [0.15, 0.2) is 97.1 Å². The molecule has 0 aromatic heterocycles. The van der Waals surface area contributed by atoms with Crippen molar-refractivity contribution in [2.24, 2.45) is 41.3 Å². The summed E-state index contributed by atoms with van der Waals surface area (Å²) in [5.74, 6) is -15.6. The maximum Gasteiger partial charge on any atom is 0.242 e. The van der Waals surface area contributed by atoms with E-state index in [2.05, 4.69) is 24.3 Å². The Morgan fingerprint density at radius 2 is 0.680 bits per heavy atom. The van der Waals surface area contributed by atoms with Gasteiger partial charge in [0.1, 0.15) is 5.67 Å². The van der Waals surface area contributed by atoms with E-state index >= 15 is 0 Å². The molecule has 4 unspecified atom stereocenters. The standard InChI is InChI=1S/C20H25FN2O2.3C20H26N2O2/c1-20(21)9-6-15(7-10-20)19(25)22-12-17-16-5-3-2-4-14(16)8-11-23(17)18(24)13-22;3*1-14-6-8-16(9-7-14)20(24)21-12-18-17-5-3-2-4-15(17)10-11-22(18)19(23)13-21/h2-5,15,17H,6-13H2,1H3;3*2-5,14,16,18H,6-13H2,1H3/i;6D2,7D2,8D2,9D2,14D,16D;6D2,7D2,8D2,9D2,14D;14D. The van der Waals surface area contributed by atoms with Gasteiger partial charge in [0.25, 0.3) is 0 Å². The molecule has 0 radical (unpaired) electrons. The molecule has 4 aromatic carbocycles. The molecule has 4 saturated carbocycles. The summed E-state index contributed by atoms with van der Waals surface area (Å²) in [5, 5.41) is 0. The summed E-state index contributed by atoms with van der Waals surface area (Å²) in [6.45, 7) is 7.81. The van der Waals surface area contributed by atoms with Crippen molar-refractivity contribution in [2.75, 3.05) is 78.5 Å². The van der Waals surface area contributed by atoms with Crippen molar-refractivity contribution in [3.05, 3.63) is 142 Å². The minimum Gasteiger partial charge on any atom is -0.332 e. The first-order chi connectivity index (χ1) is 54.3. The molecule has 97 heavy (non-hydrogen) atoms. The SMILES string of the molecule is CC1(F)CCC(C(=O)N2CC(=O)N3CCc4ccccc4C3C2)CC1.[2H]C1(C)CCC(C(=O)N2CC(=O)N3CCc4ccccc4C3C2)CC1.[2H]C1([2H])C(C(=O)N2CC(=O)N3CCc4ccccc4C3C2)C([2H])([2H])C([2H])([2H])C([2H])(C)C1([2H])[2H].[2H]C1([2H])C([2H])([2H])C([2H])(C(=O)N2CC(=O)N3CCc4ccccc4C3C2)C([2H])([2H])C([2H])([2H])C1([2H])C. The predicted octanol–water partition coefficient (Wildman–Crippen LogP) is 11.2. The van der Waals surface area contributed by atoms with Crippen LogP contribution in [0.5, 0.6) is 0 Å². The molecule has 17 heteroatoms. The summed E-state index contributed by atoms with van der Waals surface area (Å²) in [6, 6.07) is 30.1. The molecule has 0 N–H and O–H groups in total. The van der Waals surface area contributed by atoms with Gasteiger partial charge in [-0.3, -0.25) is 38.4 Å². The van der Waals surface area contributed by atoms with Gasteiger partial charge in [-0.1, -0.05) is 118 Å². The number of hydrogen-bond donors (Lipinski definition) is 0. The van der Waals surface area contributed by atoms with Gasteiger partial charge in [-0.15, -0.1) is 0 Å². The van der Waals surface area contributed by atoms with Crippen molar-refractivity contribution >= 4 is 47.3 Å². The van der Waals surface area contributed by atoms with Crippen LogP contribution in [0.4, 0.5) is 4.39 Å². The topological polar surface area (TPSA) is 162 Å². The lowest BCUT2D eigenvalue weighted by molar-refractivity contribution is -0.152. The van der Waals surface area contributed by atoms with Gasteiger partial charge in [-0.05, 0) is 197 Å². The third-order valence-electron chi connectivity index (χ3n) is 21.6. The van der Waals surface area contributed by atoms with E-state index in [4.69, 9.17) is 27.4 Å². The number of halogens is 1. The number of hydrogen-bond acceptors (Lipinski definition) is 8. The lowest BCUT2D eigenvalue weighted by Gasteiger charge is -2.45. The second-order valence-corrected chi connectivity index (χ2v) is 28.1. The Balaban J connectivity index is 0.000000137. The first-order valence-corrected chi connectivity index (χ1v) is 34.6. The second-order valence-electron chi connectivity index (χ2n) is 28.1. The van der Waals surface area contributed by atoms with Crippen molar-refractivity contribution in [2.45, 2.75) is 186 Å². The number of piperazine rings is 4. The van der Waals surface area contributed by atoms with E-state index in [1.165, 1.54) is 22.3 Å². The number of carbonyl (C=O) groups is 8. The Hall–Kier alpha value is -7.43. The molecule has 8 aliphatic heterocycles. The highest BCUT2D eigenvalue weighted by Crippen LogP contribution is 2.42. The van der Waals surface area contributed by atoms with Crippen LogP contribution in [0, 0.1) is 41.3 Å². The average molecular weight is 1340 g/mol. The Morgan fingerprint density at radius 1 is 0.392 bits per heavy atom. The zero-order valence-electron chi connectivity index (χ0n) is 76.0. The van der Waals surface area contributed by atoms with Crippen molar-refractivity contribution in [1.29, 1.82) is 0 Å². The van der Waals surface area contributed by atoms with Crippen molar-refractivity contribution in [1.82, 2.24) is 39.2 Å². The van der Waals surface area contributed by atoms with Crippen molar-refractivity contribution in [3.8, 4) is 0 Å². The van der Waals surface area contributed by atoms with Gasteiger partial charge in [-0.25, -0.2) is 4.39 Å². The molecule has 8 fully saturated rings. The number of benzene rings is 4. The van der Waals surface area contributed by atoms with Gasteiger partial charge in [0.05, 0.1) is 50.3 Å². The number of carbonyl (C=O) groups excluding carboxylic acids is 8. The van der Waals surface area contributed by atoms with Gasteiger partial charge in [-0.2, -0.15) is 0 Å². The van der Waals surface area contributed by atoms with Gasteiger partial charge in [0.15, 0.2) is 0 Å². The fourth-order valence-corrected chi connectivity index (χ4v) is 16.1. The Kier molecular flexibility index (Phi) is 14.5. The highest BCUT2D eigenvalue weighted by molar-refractivity contribution is 5.90. The summed E-state index contributed by atoms with van der Waals surface area (Å²) < 4.78 is 181. The molecule has 8 amide bonds. The molecular formula is C80H103FN8O8. The lowest BCUT2D eigenvalue weighted by atomic mass is 9.80. The van der Waals surface area contributed by atoms with Crippen LogP contribution in [0.25, 0.3) is 0 Å². The molecule has 4 saturated heterocycles. The van der Waals surface area contributed by atoms with Gasteiger partial charge < -0.3 is 39.2 Å². The molecule has 4 atom stereocenters. The minimum atomic E-state index is -3.61. The third kappa shape index (κ3) is 15.0. The van der Waals surface area contributed by atoms with E-state index in [0.717, 1.165) is 97.5 Å². The Labute approximate surface area is 602 Å². The first kappa shape index (κ1) is 47.5. The number of amides is 8. The molecule has 16 nitrogen and oxygen atoms in total. The van der Waals surface area contributed by atoms with Crippen LogP contribution in [0.1, 0.15) is 226 Å². The maximum atomic E-state index is 14.0. The molecule has 4 aromatic rings. The van der Waals surface area contributed by atoms with Gasteiger partial charge in [0, 0.05) is 103 Å². The van der Waals surface area contributed by atoms with Crippen LogP contribution in [0.3, 0.4) is 0 Å². The number of fused-ring (bicyclic) bond motifs is 12. The quantitative estimate of drug-likeness (QED) is 0.195. The van der Waals surface area contributed by atoms with Gasteiger partial charge in [0.2, 0.25) is 47.3 Å². The Bertz CT molecular complexity index is 4410. The number of rotatable bonds is 4. The average Bonchev–Trinajstić information content (AvgIpc) is 0.660. The minimum absolute atomic E-state index is 0.000168. The number of nitrogens with zero attached hydrogens (tertiary/aromatic N) is 8. The fourth-order valence-electron chi connectivity index (χ4n) is 16.1. The van der Waals surface area contributed by atoms with Crippen LogP contribution in [-0.2, 0) is 64.0 Å². The molecule has 0 bridgehead atoms. The number of alkyl halides is 1. The Morgan fingerprint density at radius 3 is 1.02 bits per heavy atom. The van der Waals surface area contributed by atoms with E-state index in [-0.39, 0.29) is 79.6 Å². The van der Waals surface area contributed by atoms with E-state index in [0.29, 0.717) is 64.7 Å². The predicted molar refractivity (Wildman–Crippen MR) is 370 cm³/mol. The molecule has 4 aliphatic carbocycles. The molecule has 8 heterocycles. The van der Waals surface area contributed by atoms with E-state index < -0.39 is 129 Å². The van der Waals surface area contributed by atoms with Crippen molar-refractivity contribution in [3.63, 3.8) is 0 Å². The highest BCUT2D eigenvalue weighted by Gasteiger charge is 2.46. The zero-order chi connectivity index (χ0) is 85.7. The summed E-state index contributed by atoms with van der Waals surface area (Å²) in [4.78, 5) is 117. The highest BCUT2D eigenvalue weighted by atomic mass is 19.1. The van der Waals surface area contributed by atoms with E-state index in [1.807, 2.05) is 77.4 Å². The summed E-state index contributed by atoms with van der Waals surface area (Å²) in [5.41, 5.74) is 7.39. The monoisotopic (exact) mass is 1340 g/mol.